The molecule has 105 heavy (non-hydrogen) atoms. The van der Waals surface area contributed by atoms with Gasteiger partial charge in [0.15, 0.2) is 11.4 Å². The third kappa shape index (κ3) is 27.3. The van der Waals surface area contributed by atoms with E-state index in [9.17, 15) is 42.7 Å². The van der Waals surface area contributed by atoms with E-state index in [4.69, 9.17) is 64.4 Å². The smallest absolute Gasteiger partial charge is 0.466 e. The number of nitrogens with zero attached hydrogens (tertiary/aromatic N) is 4. The number of allylic oxidation sites excluding steroid dienone is 6. The largest absolute Gasteiger partial charge is 0.490 e. The van der Waals surface area contributed by atoms with Gasteiger partial charge in [-0.2, -0.15) is 18.2 Å². The van der Waals surface area contributed by atoms with Crippen molar-refractivity contribution in [2.45, 2.75) is 154 Å². The molecule has 7 rings (SSSR count). The lowest BCUT2D eigenvalue weighted by atomic mass is 9.81. The number of rotatable bonds is 44. The van der Waals surface area contributed by atoms with E-state index in [0.717, 1.165) is 32.4 Å². The van der Waals surface area contributed by atoms with Gasteiger partial charge in [0.25, 0.3) is 5.56 Å². The van der Waals surface area contributed by atoms with Crippen molar-refractivity contribution in [1.29, 1.82) is 0 Å². The Morgan fingerprint density at radius 1 is 0.886 bits per heavy atom. The molecule has 1 fully saturated rings. The van der Waals surface area contributed by atoms with Gasteiger partial charge in [-0.05, 0) is 115 Å². The van der Waals surface area contributed by atoms with E-state index in [2.05, 4.69) is 179 Å². The number of hydrogen-bond acceptors (Lipinski definition) is 23. The molecule has 0 spiro atoms. The van der Waals surface area contributed by atoms with Crippen molar-refractivity contribution in [3.8, 4) is 11.8 Å². The summed E-state index contributed by atoms with van der Waals surface area (Å²) in [5.41, 5.74) is 14.3. The first-order valence-corrected chi connectivity index (χ1v) is 44.1. The van der Waals surface area contributed by atoms with Gasteiger partial charge in [-0.25, -0.2) is 18.5 Å². The summed E-state index contributed by atoms with van der Waals surface area (Å²) in [6.45, 7) is 21.5. The zero-order valence-corrected chi connectivity index (χ0v) is 66.7. The molecule has 3 aliphatic rings. The van der Waals surface area contributed by atoms with Crippen LogP contribution in [0.5, 0.6) is 0 Å². The summed E-state index contributed by atoms with van der Waals surface area (Å²) in [7, 11) is -14.4. The van der Waals surface area contributed by atoms with Crippen LogP contribution >= 0.6 is 45.1 Å². The molecular weight excluding hydrogens is 1500 g/mol. The van der Waals surface area contributed by atoms with Crippen LogP contribution in [-0.2, 0) is 101 Å². The number of anilines is 2. The molecule has 4 aromatic rings. The molecule has 0 aliphatic carbocycles. The molecule has 3 aliphatic heterocycles. The highest BCUT2D eigenvalue weighted by Gasteiger charge is 2.46. The Morgan fingerprint density at radius 2 is 1.62 bits per heavy atom. The van der Waals surface area contributed by atoms with Crippen LogP contribution in [0.25, 0.3) is 11.0 Å². The fourth-order valence-corrected chi connectivity index (χ4v) is 17.8. The summed E-state index contributed by atoms with van der Waals surface area (Å²) in [5, 5.41) is 5.69. The molecule has 580 valence electrons. The van der Waals surface area contributed by atoms with Gasteiger partial charge in [0.05, 0.1) is 81.1 Å². The van der Waals surface area contributed by atoms with Crippen LogP contribution < -0.4 is 26.8 Å². The normalized spacial score (nSPS) is 18.8. The average molecular weight is 1600 g/mol. The number of fused-ring (bicyclic) bond motifs is 3. The number of esters is 1. The van der Waals surface area contributed by atoms with Crippen LogP contribution in [-0.4, -0.2) is 176 Å². The predicted molar refractivity (Wildman–Crippen MR) is 410 cm³/mol. The predicted octanol–water partition coefficient (Wildman–Crippen LogP) is 10.6. The van der Waals surface area contributed by atoms with Crippen molar-refractivity contribution in [2.24, 2.45) is 0 Å². The molecule has 2 amide bonds. The second-order valence-corrected chi connectivity index (χ2v) is 37.0. The number of phosphoric acid groups is 3. The van der Waals surface area contributed by atoms with Crippen molar-refractivity contribution in [3.63, 3.8) is 0 Å². The lowest BCUT2D eigenvalue weighted by Gasteiger charge is -2.25. The van der Waals surface area contributed by atoms with E-state index in [1.165, 1.54) is 61.0 Å². The van der Waals surface area contributed by atoms with Gasteiger partial charge in [0.1, 0.15) is 24.8 Å². The molecule has 2 aromatic heterocycles. The Balaban J connectivity index is 0.681. The number of alkyl carbamates (subject to hydrolysis) is 1. The number of unbranched alkanes of at least 4 members (excludes halogenated alkanes) is 3. The minimum atomic E-state index is -5.79. The van der Waals surface area contributed by atoms with Gasteiger partial charge in [-0.3, -0.25) is 23.9 Å². The number of H-pyrrole nitrogens is 1. The van der Waals surface area contributed by atoms with Crippen LogP contribution in [0.3, 0.4) is 0 Å². The second kappa shape index (κ2) is 40.9. The number of amides is 2. The van der Waals surface area contributed by atoms with E-state index >= 15 is 0 Å². The SMILES string of the molecule is CCN1\C(=C/C=C/C=C/C2=[N+](CCCCCC(=O)NCCOCCOCCNC(=O)OCCC(C)(C)SSCOCCCCOC(=O)CCC#Cc3cn([C@H]4C[C@H](OCS(C)=S)[C@@H](COP(=O)(O)OP(=O)(O)OP(=O)(O)O)O4)c4nc(N)[nH]c(=O)c34)c3ccc(C)cc3C2(C)C)C(C)(C)c2ccccc21. The highest BCUT2D eigenvalue weighted by Crippen LogP contribution is 2.66. The molecular formula is C69H100N8O21P3S4+. The van der Waals surface area contributed by atoms with E-state index < -0.39 is 75.6 Å². The van der Waals surface area contributed by atoms with Crippen molar-refractivity contribution in [2.75, 3.05) is 108 Å². The van der Waals surface area contributed by atoms with Crippen LogP contribution in [0, 0.1) is 18.8 Å². The third-order valence-electron chi connectivity index (χ3n) is 17.1. The number of hydrogen-bond donors (Lipinski definition) is 8. The monoisotopic (exact) mass is 1600 g/mol. The average Bonchev–Trinajstić information content (AvgIpc) is 1.60. The molecule has 0 radical (unpaired) electrons. The zero-order chi connectivity index (χ0) is 76.6. The highest BCUT2D eigenvalue weighted by atomic mass is 33.1. The molecule has 1 saturated heterocycles. The molecule has 5 heterocycles. The second-order valence-electron chi connectivity index (χ2n) is 26.5. The van der Waals surface area contributed by atoms with E-state index in [-0.39, 0.29) is 95.6 Å². The zero-order valence-electron chi connectivity index (χ0n) is 60.8. The quantitative estimate of drug-likeness (QED) is 0.00298. The molecule has 29 nitrogen and oxygen atoms in total. The van der Waals surface area contributed by atoms with E-state index in [0.29, 0.717) is 64.6 Å². The molecule has 3 unspecified atom stereocenters. The van der Waals surface area contributed by atoms with Crippen molar-refractivity contribution in [3.05, 3.63) is 117 Å². The van der Waals surface area contributed by atoms with E-state index in [1.54, 1.807) is 17.0 Å². The fraction of sp³-hybridized carbons (Fsp3) is 0.565. The number of carbonyl (C=O) groups excluding carboxylic acids is 3. The maximum absolute atomic E-state index is 13.2. The standard InChI is InChI=1S/C69H99N8O21P3S4/c1-10-75-53-25-18-17-24-51(53)68(5,6)57(75)26-13-11-14-27-58-69(7,8)52-43-49(2)30-31-54(52)76(58)35-20-12-15-28-59(78)71-33-39-89-41-42-90-40-34-72-66(81)93-38-32-67(3,4)104-103-47-91-36-21-22-37-92-61(79)29-19-16-23-50-45-77(63-62(50)64(80)74-65(70)73-63)60-44-55(94-48-105(9)102)56(96-60)46-95-100(85,86)98-101(87,88)97-99(82,83)84/h11,13-14,17-18,24-27,30-31,43,45,55-56,60H,10,12,15,19-22,28-29,32-42,44,46-48H2,1-9H3,(H8-,70,71,72,73,74,78,80,81,82,83,84,85,86,87,88)/p+1/t55-,56+,60+,105?/m0/s1. The first kappa shape index (κ1) is 86.8. The summed E-state index contributed by atoms with van der Waals surface area (Å²) in [6, 6.07) is 15.4. The number of nitrogens with two attached hydrogens (primary N) is 1. The van der Waals surface area contributed by atoms with Gasteiger partial charge in [0.2, 0.25) is 17.5 Å². The van der Waals surface area contributed by atoms with Crippen LogP contribution in [0.1, 0.15) is 141 Å². The Kier molecular flexibility index (Phi) is 33.8. The summed E-state index contributed by atoms with van der Waals surface area (Å²) < 4.78 is 91.3. The molecule has 0 saturated carbocycles. The molecule has 6 atom stereocenters. The maximum Gasteiger partial charge on any atom is 0.490 e. The minimum absolute atomic E-state index is 0.00619. The number of aryl methyl sites for hydroxylation is 1. The van der Waals surface area contributed by atoms with Crippen molar-refractivity contribution in [1.82, 2.24) is 25.2 Å². The van der Waals surface area contributed by atoms with Crippen LogP contribution in [0.2, 0.25) is 0 Å². The van der Waals surface area contributed by atoms with Crippen LogP contribution in [0.4, 0.5) is 22.1 Å². The number of nitrogen functional groups attached to an aromatic ring is 1. The molecule has 0 bridgehead atoms. The number of likely N-dealkylation sites (N-methyl/N-ethyl adjacent to an activating group) is 1. The maximum atomic E-state index is 13.2. The first-order valence-electron chi connectivity index (χ1n) is 34.5. The Bertz CT molecular complexity index is 4080. The van der Waals surface area contributed by atoms with Crippen molar-refractivity contribution < 1.29 is 98.5 Å². The lowest BCUT2D eigenvalue weighted by molar-refractivity contribution is -0.438. The van der Waals surface area contributed by atoms with Gasteiger partial charge in [-0.1, -0.05) is 105 Å². The number of ether oxygens (including phenoxy) is 7. The number of aromatic nitrogens is 3. The Labute approximate surface area is 628 Å². The van der Waals surface area contributed by atoms with Crippen molar-refractivity contribution >= 4 is 118 Å². The number of nitrogens with one attached hydrogen (secondary N) is 3. The Hall–Kier alpha value is -5.40. The highest BCUT2D eigenvalue weighted by molar-refractivity contribution is 8.77. The van der Waals surface area contributed by atoms with Gasteiger partial charge in [-0.15, -0.1) is 0 Å². The van der Waals surface area contributed by atoms with Gasteiger partial charge >= 0.3 is 35.5 Å². The number of carbonyl (C=O) groups is 3. The minimum Gasteiger partial charge on any atom is -0.466 e. The fourth-order valence-electron chi connectivity index (χ4n) is 12.0. The molecule has 2 aromatic carbocycles. The van der Waals surface area contributed by atoms with Gasteiger partial charge < -0.3 is 78.6 Å². The van der Waals surface area contributed by atoms with Gasteiger partial charge in [0, 0.05) is 97.4 Å². The summed E-state index contributed by atoms with van der Waals surface area (Å²) in [4.78, 5) is 97.2. The Morgan fingerprint density at radius 3 is 2.35 bits per heavy atom. The molecule has 36 heteroatoms. The third-order valence-corrected chi connectivity index (χ3v) is 24.7. The first-order chi connectivity index (χ1) is 49.7. The summed E-state index contributed by atoms with van der Waals surface area (Å²) in [6.07, 6.45) is 15.5. The molecule has 9 N–H and O–H groups in total. The number of aromatic amines is 1. The van der Waals surface area contributed by atoms with Crippen LogP contribution in [0.15, 0.2) is 89.5 Å². The summed E-state index contributed by atoms with van der Waals surface area (Å²) >= 11 is 5.23. The number of para-hydroxylation sites is 1. The number of benzene rings is 2. The summed E-state index contributed by atoms with van der Waals surface area (Å²) in [5.74, 6) is 5.52. The van der Waals surface area contributed by atoms with E-state index in [1.807, 2.05) is 0 Å². The lowest BCUT2D eigenvalue weighted by Crippen LogP contribution is -2.30. The topological polar surface area (TPSA) is 383 Å². The number of phosphoric ester groups is 1.